The van der Waals surface area contributed by atoms with Gasteiger partial charge in [0.05, 0.1) is 6.20 Å². The van der Waals surface area contributed by atoms with E-state index in [2.05, 4.69) is 16.4 Å². The molecule has 0 fully saturated rings. The smallest absolute Gasteiger partial charge is 0.411 e. The summed E-state index contributed by atoms with van der Waals surface area (Å²) in [5.74, 6) is 0.741. The second-order valence-electron chi connectivity index (χ2n) is 8.75. The summed E-state index contributed by atoms with van der Waals surface area (Å²) in [6, 6.07) is 15.6. The molecule has 31 heavy (non-hydrogen) atoms. The number of carbonyl (C=O) groups excluding carboxylic acids is 1. The van der Waals surface area contributed by atoms with Crippen molar-refractivity contribution in [2.24, 2.45) is 7.05 Å². The molecule has 1 aliphatic heterocycles. The van der Waals surface area contributed by atoms with Gasteiger partial charge in [0.2, 0.25) is 0 Å². The van der Waals surface area contributed by atoms with Crippen molar-refractivity contribution in [2.75, 3.05) is 6.54 Å². The van der Waals surface area contributed by atoms with Gasteiger partial charge in [0, 0.05) is 19.2 Å². The number of nitrogens with zero attached hydrogens (tertiary/aromatic N) is 4. The Morgan fingerprint density at radius 3 is 2.58 bits per heavy atom. The van der Waals surface area contributed by atoms with Gasteiger partial charge in [-0.25, -0.2) is 4.79 Å². The van der Waals surface area contributed by atoms with E-state index in [1.807, 2.05) is 76.5 Å². The predicted octanol–water partition coefficient (Wildman–Crippen LogP) is 4.28. The second kappa shape index (κ2) is 8.41. The van der Waals surface area contributed by atoms with Gasteiger partial charge in [-0.05, 0) is 44.4 Å². The number of carbonyl (C=O) groups is 1. The Balaban J connectivity index is 1.73. The highest BCUT2D eigenvalue weighted by atomic mass is 16.6. The zero-order valence-electron chi connectivity index (χ0n) is 18.4. The van der Waals surface area contributed by atoms with Gasteiger partial charge in [-0.15, -0.1) is 5.10 Å². The highest BCUT2D eigenvalue weighted by Crippen LogP contribution is 2.40. The first kappa shape index (κ1) is 20.9. The Bertz CT molecular complexity index is 1060. The maximum absolute atomic E-state index is 13.1. The van der Waals surface area contributed by atoms with E-state index < -0.39 is 11.6 Å². The van der Waals surface area contributed by atoms with E-state index in [9.17, 15) is 4.79 Å². The van der Waals surface area contributed by atoms with E-state index in [-0.39, 0.29) is 6.09 Å². The van der Waals surface area contributed by atoms with Gasteiger partial charge in [-0.3, -0.25) is 9.58 Å². The first-order valence-electron chi connectivity index (χ1n) is 10.5. The molecule has 1 unspecified atom stereocenters. The van der Waals surface area contributed by atoms with E-state index >= 15 is 0 Å². The highest BCUT2D eigenvalue weighted by Gasteiger charge is 2.38. The third-order valence-electron chi connectivity index (χ3n) is 5.13. The number of fused-ring (bicyclic) bond motifs is 1. The summed E-state index contributed by atoms with van der Waals surface area (Å²) in [4.78, 5) is 14.8. The summed E-state index contributed by atoms with van der Waals surface area (Å²) in [5, 5.41) is 8.44. The highest BCUT2D eigenvalue weighted by molar-refractivity contribution is 5.71. The number of aromatic nitrogens is 3. The number of amides is 1. The van der Waals surface area contributed by atoms with Crippen molar-refractivity contribution >= 4 is 6.09 Å². The molecule has 0 N–H and O–H groups in total. The molecule has 1 aliphatic rings. The average molecular weight is 421 g/mol. The molecule has 162 valence electrons. The molecule has 7 nitrogen and oxygen atoms in total. The summed E-state index contributed by atoms with van der Waals surface area (Å²) in [6.07, 6.45) is 2.19. The van der Waals surface area contributed by atoms with E-state index in [1.165, 1.54) is 0 Å². The van der Waals surface area contributed by atoms with Crippen LogP contribution in [0.25, 0.3) is 0 Å². The van der Waals surface area contributed by atoms with Crippen LogP contribution in [0.2, 0.25) is 0 Å². The summed E-state index contributed by atoms with van der Waals surface area (Å²) in [5.41, 5.74) is 3.26. The minimum Gasteiger partial charge on any atom is -0.489 e. The van der Waals surface area contributed by atoms with Crippen LogP contribution in [0.4, 0.5) is 4.79 Å². The van der Waals surface area contributed by atoms with Crippen LogP contribution in [-0.4, -0.2) is 38.1 Å². The Labute approximate surface area is 182 Å². The lowest BCUT2D eigenvalue weighted by Crippen LogP contribution is -2.43. The van der Waals surface area contributed by atoms with Crippen molar-refractivity contribution in [1.82, 2.24) is 19.9 Å². The summed E-state index contributed by atoms with van der Waals surface area (Å²) in [6.45, 7) is 6.58. The van der Waals surface area contributed by atoms with E-state index in [1.54, 1.807) is 9.58 Å². The van der Waals surface area contributed by atoms with Gasteiger partial charge in [0.25, 0.3) is 0 Å². The van der Waals surface area contributed by atoms with Crippen molar-refractivity contribution in [1.29, 1.82) is 0 Å². The zero-order chi connectivity index (χ0) is 22.0. The standard InChI is InChI=1S/C24H28N4O3/c1-24(2,3)31-23(29)28-14-13-18-11-8-12-20(30-16-17-9-6-5-7-10-17)21(18)22(28)19-15-27(4)26-25-19/h5-12,15,22H,13-14,16H2,1-4H3. The summed E-state index contributed by atoms with van der Waals surface area (Å²) < 4.78 is 13.6. The van der Waals surface area contributed by atoms with E-state index in [0.29, 0.717) is 25.3 Å². The number of benzene rings is 2. The number of hydrogen-bond donors (Lipinski definition) is 0. The molecule has 0 aliphatic carbocycles. The molecule has 0 saturated carbocycles. The molecule has 1 amide bonds. The van der Waals surface area contributed by atoms with Gasteiger partial charge >= 0.3 is 6.09 Å². The second-order valence-corrected chi connectivity index (χ2v) is 8.75. The third kappa shape index (κ3) is 4.71. The fraction of sp³-hybridized carbons (Fsp3) is 0.375. The zero-order valence-corrected chi connectivity index (χ0v) is 18.4. The molecule has 0 radical (unpaired) electrons. The molecule has 1 atom stereocenters. The van der Waals surface area contributed by atoms with Crippen LogP contribution in [0.15, 0.2) is 54.7 Å². The van der Waals surface area contributed by atoms with Crippen LogP contribution in [0, 0.1) is 0 Å². The van der Waals surface area contributed by atoms with Gasteiger partial charge in [0.15, 0.2) is 0 Å². The lowest BCUT2D eigenvalue weighted by Gasteiger charge is -2.37. The Morgan fingerprint density at radius 1 is 1.13 bits per heavy atom. The molecule has 4 rings (SSSR count). The number of ether oxygens (including phenoxy) is 2. The maximum atomic E-state index is 13.1. The van der Waals surface area contributed by atoms with Crippen LogP contribution in [0.3, 0.4) is 0 Å². The molecule has 2 aromatic carbocycles. The van der Waals surface area contributed by atoms with E-state index in [0.717, 1.165) is 22.4 Å². The molecule has 2 heterocycles. The predicted molar refractivity (Wildman–Crippen MR) is 117 cm³/mol. The lowest BCUT2D eigenvalue weighted by molar-refractivity contribution is 0.0172. The van der Waals surface area contributed by atoms with Gasteiger partial charge < -0.3 is 9.47 Å². The Hall–Kier alpha value is -3.35. The molecule has 3 aromatic rings. The van der Waals surface area contributed by atoms with Gasteiger partial charge in [-0.2, -0.15) is 0 Å². The summed E-state index contributed by atoms with van der Waals surface area (Å²) >= 11 is 0. The van der Waals surface area contributed by atoms with Crippen LogP contribution in [-0.2, 0) is 24.8 Å². The number of rotatable bonds is 4. The van der Waals surface area contributed by atoms with Crippen LogP contribution < -0.4 is 4.74 Å². The normalized spacial score (nSPS) is 16.0. The van der Waals surface area contributed by atoms with Crippen molar-refractivity contribution in [3.05, 3.63) is 77.1 Å². The topological polar surface area (TPSA) is 69.5 Å². The fourth-order valence-electron chi connectivity index (χ4n) is 3.82. The largest absolute Gasteiger partial charge is 0.489 e. The fourth-order valence-corrected chi connectivity index (χ4v) is 3.82. The molecular formula is C24H28N4O3. The molecular weight excluding hydrogens is 392 g/mol. The van der Waals surface area contributed by atoms with Crippen molar-refractivity contribution < 1.29 is 14.3 Å². The number of hydrogen-bond acceptors (Lipinski definition) is 5. The third-order valence-corrected chi connectivity index (χ3v) is 5.13. The Morgan fingerprint density at radius 2 is 1.90 bits per heavy atom. The lowest BCUT2D eigenvalue weighted by atomic mass is 9.90. The van der Waals surface area contributed by atoms with Crippen LogP contribution in [0.1, 0.15) is 49.2 Å². The molecule has 1 aromatic heterocycles. The molecule has 0 spiro atoms. The summed E-state index contributed by atoms with van der Waals surface area (Å²) in [7, 11) is 1.82. The minimum atomic E-state index is -0.590. The first-order valence-corrected chi connectivity index (χ1v) is 10.5. The van der Waals surface area contributed by atoms with Crippen LogP contribution >= 0.6 is 0 Å². The first-order chi connectivity index (χ1) is 14.8. The van der Waals surface area contributed by atoms with Crippen molar-refractivity contribution in [2.45, 2.75) is 45.4 Å². The van der Waals surface area contributed by atoms with Gasteiger partial charge in [-0.1, -0.05) is 47.7 Å². The SMILES string of the molecule is Cn1cc(C2c3c(cccc3OCc3ccccc3)CCN2C(=O)OC(C)(C)C)nn1. The quantitative estimate of drug-likeness (QED) is 0.630. The molecule has 0 bridgehead atoms. The number of aryl methyl sites for hydroxylation is 1. The van der Waals surface area contributed by atoms with Crippen molar-refractivity contribution in [3.8, 4) is 5.75 Å². The Kier molecular flexibility index (Phi) is 5.67. The molecule has 0 saturated heterocycles. The monoisotopic (exact) mass is 420 g/mol. The van der Waals surface area contributed by atoms with Crippen LogP contribution in [0.5, 0.6) is 5.75 Å². The minimum absolute atomic E-state index is 0.369. The van der Waals surface area contributed by atoms with E-state index in [4.69, 9.17) is 9.47 Å². The molecule has 7 heteroatoms. The maximum Gasteiger partial charge on any atom is 0.411 e. The average Bonchev–Trinajstić information content (AvgIpc) is 3.16. The van der Waals surface area contributed by atoms with Crippen molar-refractivity contribution in [3.63, 3.8) is 0 Å². The van der Waals surface area contributed by atoms with Gasteiger partial charge in [0.1, 0.15) is 29.7 Å².